The summed E-state index contributed by atoms with van der Waals surface area (Å²) in [4.78, 5) is 25.2. The van der Waals surface area contributed by atoms with Crippen LogP contribution in [0.3, 0.4) is 0 Å². The number of nitrogens with zero attached hydrogens (tertiary/aromatic N) is 3. The Bertz CT molecular complexity index is 597. The summed E-state index contributed by atoms with van der Waals surface area (Å²) in [5.74, 6) is 0.615. The van der Waals surface area contributed by atoms with Crippen LogP contribution in [0.4, 0.5) is 5.69 Å². The molecule has 21 heavy (non-hydrogen) atoms. The zero-order valence-corrected chi connectivity index (χ0v) is 13.2. The number of hydrogen-bond donors (Lipinski definition) is 2. The molecule has 0 bridgehead atoms. The molecule has 0 radical (unpaired) electrons. The quantitative estimate of drug-likeness (QED) is 0.856. The summed E-state index contributed by atoms with van der Waals surface area (Å²) in [6.07, 6.45) is 1.67. The van der Waals surface area contributed by atoms with E-state index in [1.54, 1.807) is 11.7 Å². The molecule has 0 atom stereocenters. The number of rotatable bonds is 6. The van der Waals surface area contributed by atoms with Gasteiger partial charge in [0.05, 0.1) is 29.6 Å². The molecule has 0 unspecified atom stereocenters. The monoisotopic (exact) mass is 305 g/mol. The fraction of sp³-hybridized carbons (Fsp3) is 0.429. The zero-order valence-electron chi connectivity index (χ0n) is 12.4. The molecule has 2 N–H and O–H groups in total. The fourth-order valence-corrected chi connectivity index (χ4v) is 2.30. The highest BCUT2D eigenvalue weighted by molar-refractivity contribution is 7.07. The lowest BCUT2D eigenvalue weighted by molar-refractivity contribution is 0.0946. The Morgan fingerprint density at radius 2 is 2.19 bits per heavy atom. The average Bonchev–Trinajstić information content (AvgIpc) is 2.98. The van der Waals surface area contributed by atoms with Crippen LogP contribution in [0.2, 0.25) is 0 Å². The van der Waals surface area contributed by atoms with Crippen molar-refractivity contribution < 1.29 is 4.79 Å². The van der Waals surface area contributed by atoms with Gasteiger partial charge >= 0.3 is 0 Å². The van der Waals surface area contributed by atoms with Crippen molar-refractivity contribution in [3.63, 3.8) is 0 Å². The molecule has 0 aliphatic carbocycles. The molecule has 0 saturated heterocycles. The van der Waals surface area contributed by atoms with E-state index in [0.717, 1.165) is 5.69 Å². The third-order valence-corrected chi connectivity index (χ3v) is 3.45. The molecule has 0 fully saturated rings. The summed E-state index contributed by atoms with van der Waals surface area (Å²) < 4.78 is 0. The number of hydrogen-bond acceptors (Lipinski definition) is 6. The van der Waals surface area contributed by atoms with Crippen molar-refractivity contribution in [2.75, 3.05) is 11.9 Å². The molecule has 0 aromatic carbocycles. The van der Waals surface area contributed by atoms with E-state index in [9.17, 15) is 4.79 Å². The minimum Gasteiger partial charge on any atom is -0.382 e. The maximum atomic E-state index is 12.3. The predicted molar refractivity (Wildman–Crippen MR) is 83.6 cm³/mol. The van der Waals surface area contributed by atoms with Crippen molar-refractivity contribution in [3.05, 3.63) is 34.3 Å². The first-order valence-corrected chi connectivity index (χ1v) is 7.82. The molecule has 2 heterocycles. The Morgan fingerprint density at radius 3 is 2.81 bits per heavy atom. The highest BCUT2D eigenvalue weighted by Crippen LogP contribution is 2.16. The van der Waals surface area contributed by atoms with Crippen LogP contribution in [0.15, 0.2) is 17.1 Å². The molecular formula is C14H19N5OS. The first kappa shape index (κ1) is 15.4. The van der Waals surface area contributed by atoms with Crippen LogP contribution in [0.5, 0.6) is 0 Å². The second kappa shape index (κ2) is 7.12. The van der Waals surface area contributed by atoms with Crippen LogP contribution in [-0.4, -0.2) is 27.4 Å². The SMILES string of the molecule is CCNc1cnc(C(C)C)nc1C(=O)NCc1cscn1. The van der Waals surface area contributed by atoms with Crippen LogP contribution in [0.1, 0.15) is 48.7 Å². The minimum atomic E-state index is -0.219. The largest absolute Gasteiger partial charge is 0.382 e. The van der Waals surface area contributed by atoms with E-state index in [1.807, 2.05) is 26.2 Å². The Hall–Kier alpha value is -2.02. The number of anilines is 1. The zero-order chi connectivity index (χ0) is 15.2. The van der Waals surface area contributed by atoms with E-state index in [-0.39, 0.29) is 11.8 Å². The Balaban J connectivity index is 2.18. The third-order valence-electron chi connectivity index (χ3n) is 2.82. The van der Waals surface area contributed by atoms with Crippen molar-refractivity contribution in [2.24, 2.45) is 0 Å². The standard InChI is InChI=1S/C14H19N5OS/c1-4-15-11-6-16-13(9(2)3)19-12(11)14(20)17-5-10-7-21-8-18-10/h6-9,15H,4-5H2,1-3H3,(H,17,20). The van der Waals surface area contributed by atoms with Gasteiger partial charge in [0.15, 0.2) is 5.69 Å². The second-order valence-electron chi connectivity index (χ2n) is 4.84. The maximum Gasteiger partial charge on any atom is 0.272 e. The van der Waals surface area contributed by atoms with Gasteiger partial charge in [-0.2, -0.15) is 0 Å². The van der Waals surface area contributed by atoms with Crippen molar-refractivity contribution in [3.8, 4) is 0 Å². The second-order valence-corrected chi connectivity index (χ2v) is 5.56. The highest BCUT2D eigenvalue weighted by atomic mass is 32.1. The Labute approximate surface area is 128 Å². The number of carbonyl (C=O) groups is 1. The molecule has 0 aliphatic heterocycles. The van der Waals surface area contributed by atoms with E-state index in [4.69, 9.17) is 0 Å². The van der Waals surface area contributed by atoms with Crippen molar-refractivity contribution in [1.82, 2.24) is 20.3 Å². The van der Waals surface area contributed by atoms with Crippen LogP contribution in [0, 0.1) is 0 Å². The number of thiazole rings is 1. The van der Waals surface area contributed by atoms with Gasteiger partial charge in [0.25, 0.3) is 5.91 Å². The van der Waals surface area contributed by atoms with Gasteiger partial charge in [-0.15, -0.1) is 11.3 Å². The summed E-state index contributed by atoms with van der Waals surface area (Å²) in [6, 6.07) is 0. The molecular weight excluding hydrogens is 286 g/mol. The molecule has 0 saturated carbocycles. The summed E-state index contributed by atoms with van der Waals surface area (Å²) in [6.45, 7) is 7.07. The van der Waals surface area contributed by atoms with E-state index in [0.29, 0.717) is 30.3 Å². The molecule has 7 heteroatoms. The molecule has 2 aromatic heterocycles. The van der Waals surface area contributed by atoms with Gasteiger partial charge in [0.1, 0.15) is 5.82 Å². The van der Waals surface area contributed by atoms with Crippen molar-refractivity contribution in [1.29, 1.82) is 0 Å². The fourth-order valence-electron chi connectivity index (χ4n) is 1.75. The lowest BCUT2D eigenvalue weighted by atomic mass is 10.2. The number of aromatic nitrogens is 3. The normalized spacial score (nSPS) is 10.7. The Morgan fingerprint density at radius 1 is 1.38 bits per heavy atom. The first-order chi connectivity index (χ1) is 10.1. The lowest BCUT2D eigenvalue weighted by Crippen LogP contribution is -2.26. The van der Waals surface area contributed by atoms with E-state index in [2.05, 4.69) is 25.6 Å². The number of carbonyl (C=O) groups excluding carboxylic acids is 1. The highest BCUT2D eigenvalue weighted by Gasteiger charge is 2.16. The molecule has 0 spiro atoms. The smallest absolute Gasteiger partial charge is 0.272 e. The molecule has 2 aromatic rings. The first-order valence-electron chi connectivity index (χ1n) is 6.87. The van der Waals surface area contributed by atoms with Crippen molar-refractivity contribution in [2.45, 2.75) is 33.2 Å². The minimum absolute atomic E-state index is 0.172. The summed E-state index contributed by atoms with van der Waals surface area (Å²) in [5.41, 5.74) is 3.62. The van der Waals surface area contributed by atoms with Gasteiger partial charge in [0, 0.05) is 17.8 Å². The third kappa shape index (κ3) is 3.98. The van der Waals surface area contributed by atoms with Crippen LogP contribution < -0.4 is 10.6 Å². The average molecular weight is 305 g/mol. The van der Waals surface area contributed by atoms with E-state index >= 15 is 0 Å². The predicted octanol–water partition coefficient (Wildman–Crippen LogP) is 2.42. The molecule has 112 valence electrons. The van der Waals surface area contributed by atoms with Crippen LogP contribution in [-0.2, 0) is 6.54 Å². The van der Waals surface area contributed by atoms with Gasteiger partial charge in [0.2, 0.25) is 0 Å². The van der Waals surface area contributed by atoms with E-state index < -0.39 is 0 Å². The molecule has 6 nitrogen and oxygen atoms in total. The van der Waals surface area contributed by atoms with E-state index in [1.165, 1.54) is 11.3 Å². The topological polar surface area (TPSA) is 79.8 Å². The number of nitrogens with one attached hydrogen (secondary N) is 2. The summed E-state index contributed by atoms with van der Waals surface area (Å²) in [5, 5.41) is 7.87. The van der Waals surface area contributed by atoms with Gasteiger partial charge in [-0.05, 0) is 6.92 Å². The van der Waals surface area contributed by atoms with Crippen molar-refractivity contribution >= 4 is 22.9 Å². The van der Waals surface area contributed by atoms with Crippen LogP contribution >= 0.6 is 11.3 Å². The molecule has 1 amide bonds. The maximum absolute atomic E-state index is 12.3. The Kier molecular flexibility index (Phi) is 5.21. The molecule has 0 aliphatic rings. The van der Waals surface area contributed by atoms with Gasteiger partial charge in [-0.3, -0.25) is 4.79 Å². The molecule has 2 rings (SSSR count). The number of amides is 1. The lowest BCUT2D eigenvalue weighted by Gasteiger charge is -2.12. The van der Waals surface area contributed by atoms with Gasteiger partial charge < -0.3 is 10.6 Å². The summed E-state index contributed by atoms with van der Waals surface area (Å²) in [7, 11) is 0. The van der Waals surface area contributed by atoms with Gasteiger partial charge in [-0.25, -0.2) is 15.0 Å². The van der Waals surface area contributed by atoms with Crippen LogP contribution in [0.25, 0.3) is 0 Å². The summed E-state index contributed by atoms with van der Waals surface area (Å²) >= 11 is 1.50. The van der Waals surface area contributed by atoms with Gasteiger partial charge in [-0.1, -0.05) is 13.8 Å².